The number of nitrogens with one attached hydrogen (secondary N) is 2. The highest BCUT2D eigenvalue weighted by atomic mass is 19.3. The Morgan fingerprint density at radius 2 is 2.20 bits per heavy atom. The average molecular weight is 343 g/mol. The summed E-state index contributed by atoms with van der Waals surface area (Å²) in [5.41, 5.74) is 2.10. The SMILES string of the molecule is N#Cc1ccc(CNCC2CCCN2)cc1-c1cnc(C(F)F)cn1. The van der Waals surface area contributed by atoms with Gasteiger partial charge in [-0.05, 0) is 37.1 Å². The van der Waals surface area contributed by atoms with Crippen LogP contribution in [-0.2, 0) is 6.54 Å². The second-order valence-electron chi connectivity index (χ2n) is 6.04. The van der Waals surface area contributed by atoms with E-state index in [1.165, 1.54) is 19.0 Å². The van der Waals surface area contributed by atoms with Gasteiger partial charge in [0.05, 0.1) is 29.7 Å². The molecule has 130 valence electrons. The number of benzene rings is 1. The highest BCUT2D eigenvalue weighted by Crippen LogP contribution is 2.24. The molecule has 1 saturated heterocycles. The van der Waals surface area contributed by atoms with E-state index in [0.717, 1.165) is 24.8 Å². The summed E-state index contributed by atoms with van der Waals surface area (Å²) in [6, 6.07) is 8.09. The Morgan fingerprint density at radius 3 is 2.84 bits per heavy atom. The smallest absolute Gasteiger partial charge is 0.281 e. The second-order valence-corrected chi connectivity index (χ2v) is 6.04. The Labute approximate surface area is 145 Å². The lowest BCUT2D eigenvalue weighted by Gasteiger charge is -2.12. The van der Waals surface area contributed by atoms with E-state index in [0.29, 0.717) is 29.4 Å². The zero-order valence-electron chi connectivity index (χ0n) is 13.7. The molecule has 1 aliphatic rings. The van der Waals surface area contributed by atoms with Crippen molar-refractivity contribution in [2.45, 2.75) is 31.9 Å². The molecule has 0 bridgehead atoms. The molecule has 2 aromatic rings. The number of nitrogens with zero attached hydrogens (tertiary/aromatic N) is 3. The molecule has 1 aliphatic heterocycles. The summed E-state index contributed by atoms with van der Waals surface area (Å²) in [5, 5.41) is 16.1. The number of nitriles is 1. The summed E-state index contributed by atoms with van der Waals surface area (Å²) in [4.78, 5) is 7.77. The molecule has 1 unspecified atom stereocenters. The fraction of sp³-hybridized carbons (Fsp3) is 0.389. The van der Waals surface area contributed by atoms with Crippen LogP contribution in [0.25, 0.3) is 11.3 Å². The first-order valence-corrected chi connectivity index (χ1v) is 8.25. The minimum atomic E-state index is -2.66. The summed E-state index contributed by atoms with van der Waals surface area (Å²) >= 11 is 0. The van der Waals surface area contributed by atoms with E-state index in [1.807, 2.05) is 12.1 Å². The maximum atomic E-state index is 12.6. The Bertz CT molecular complexity index is 749. The van der Waals surface area contributed by atoms with Crippen molar-refractivity contribution in [1.29, 1.82) is 5.26 Å². The van der Waals surface area contributed by atoms with Gasteiger partial charge in [0.25, 0.3) is 6.43 Å². The lowest BCUT2D eigenvalue weighted by atomic mass is 10.0. The van der Waals surface area contributed by atoms with E-state index in [-0.39, 0.29) is 5.69 Å². The van der Waals surface area contributed by atoms with Gasteiger partial charge in [0.15, 0.2) is 0 Å². The molecule has 0 spiro atoms. The first kappa shape index (κ1) is 17.4. The summed E-state index contributed by atoms with van der Waals surface area (Å²) in [6.45, 7) is 2.62. The van der Waals surface area contributed by atoms with Crippen LogP contribution in [0, 0.1) is 11.3 Å². The molecule has 1 fully saturated rings. The maximum absolute atomic E-state index is 12.6. The lowest BCUT2D eigenvalue weighted by molar-refractivity contribution is 0.145. The highest BCUT2D eigenvalue weighted by Gasteiger charge is 2.14. The highest BCUT2D eigenvalue weighted by molar-refractivity contribution is 5.67. The van der Waals surface area contributed by atoms with Gasteiger partial charge in [-0.3, -0.25) is 9.97 Å². The first-order chi connectivity index (χ1) is 12.2. The molecule has 7 heteroatoms. The zero-order valence-corrected chi connectivity index (χ0v) is 13.7. The average Bonchev–Trinajstić information content (AvgIpc) is 3.15. The summed E-state index contributed by atoms with van der Waals surface area (Å²) in [7, 11) is 0. The second kappa shape index (κ2) is 8.10. The van der Waals surface area contributed by atoms with Crippen molar-refractivity contribution in [3.05, 3.63) is 47.4 Å². The third-order valence-electron chi connectivity index (χ3n) is 4.26. The van der Waals surface area contributed by atoms with Crippen LogP contribution < -0.4 is 10.6 Å². The van der Waals surface area contributed by atoms with E-state index < -0.39 is 6.43 Å². The molecule has 25 heavy (non-hydrogen) atoms. The summed E-state index contributed by atoms with van der Waals surface area (Å²) in [6.07, 6.45) is 2.07. The molecule has 1 atom stereocenters. The topological polar surface area (TPSA) is 73.6 Å². The molecule has 1 aromatic carbocycles. The van der Waals surface area contributed by atoms with Crippen molar-refractivity contribution in [3.8, 4) is 17.3 Å². The van der Waals surface area contributed by atoms with Gasteiger partial charge < -0.3 is 10.6 Å². The number of aromatic nitrogens is 2. The number of hydrogen-bond donors (Lipinski definition) is 2. The van der Waals surface area contributed by atoms with E-state index in [9.17, 15) is 14.0 Å². The van der Waals surface area contributed by atoms with Crippen LogP contribution in [0.2, 0.25) is 0 Å². The molecule has 0 amide bonds. The van der Waals surface area contributed by atoms with Crippen LogP contribution in [-0.4, -0.2) is 29.1 Å². The fourth-order valence-corrected chi connectivity index (χ4v) is 2.92. The maximum Gasteiger partial charge on any atom is 0.281 e. The molecule has 3 rings (SSSR count). The van der Waals surface area contributed by atoms with Crippen LogP contribution in [0.15, 0.2) is 30.6 Å². The van der Waals surface area contributed by atoms with Crippen LogP contribution in [0.1, 0.15) is 36.1 Å². The van der Waals surface area contributed by atoms with E-state index in [2.05, 4.69) is 26.7 Å². The van der Waals surface area contributed by atoms with Crippen molar-refractivity contribution in [3.63, 3.8) is 0 Å². The molecular formula is C18H19F2N5. The van der Waals surface area contributed by atoms with Crippen molar-refractivity contribution in [2.75, 3.05) is 13.1 Å². The van der Waals surface area contributed by atoms with Crippen LogP contribution in [0.5, 0.6) is 0 Å². The molecule has 0 aliphatic carbocycles. The van der Waals surface area contributed by atoms with Crippen molar-refractivity contribution in [2.24, 2.45) is 0 Å². The summed E-state index contributed by atoms with van der Waals surface area (Å²) < 4.78 is 25.2. The standard InChI is InChI=1S/C18H19F2N5/c19-18(20)17-11-24-16(10-25-17)15-6-12(3-4-13(15)7-21)8-22-9-14-2-1-5-23-14/h3-4,6,10-11,14,18,22-23H,1-2,5,8-9H2. The third-order valence-corrected chi connectivity index (χ3v) is 4.26. The van der Waals surface area contributed by atoms with Crippen molar-refractivity contribution in [1.82, 2.24) is 20.6 Å². The first-order valence-electron chi connectivity index (χ1n) is 8.25. The Balaban J connectivity index is 1.74. The minimum Gasteiger partial charge on any atom is -0.313 e. The van der Waals surface area contributed by atoms with Gasteiger partial charge >= 0.3 is 0 Å². The summed E-state index contributed by atoms with van der Waals surface area (Å²) in [5.74, 6) is 0. The molecule has 2 heterocycles. The minimum absolute atomic E-state index is 0.371. The Morgan fingerprint density at radius 1 is 1.32 bits per heavy atom. The van der Waals surface area contributed by atoms with Gasteiger partial charge in [0.1, 0.15) is 5.69 Å². The lowest BCUT2D eigenvalue weighted by Crippen LogP contribution is -2.33. The van der Waals surface area contributed by atoms with Gasteiger partial charge in [0.2, 0.25) is 0 Å². The van der Waals surface area contributed by atoms with E-state index in [1.54, 1.807) is 6.07 Å². The Hall–Kier alpha value is -2.43. The predicted octanol–water partition coefficient (Wildman–Crippen LogP) is 2.79. The van der Waals surface area contributed by atoms with Crippen LogP contribution in [0.4, 0.5) is 8.78 Å². The van der Waals surface area contributed by atoms with Gasteiger partial charge in [-0.25, -0.2) is 8.78 Å². The van der Waals surface area contributed by atoms with Crippen LogP contribution >= 0.6 is 0 Å². The van der Waals surface area contributed by atoms with Gasteiger partial charge in [-0.15, -0.1) is 0 Å². The third kappa shape index (κ3) is 4.35. The molecule has 0 radical (unpaired) electrons. The normalized spacial score (nSPS) is 17.0. The quantitative estimate of drug-likeness (QED) is 0.844. The number of rotatable bonds is 6. The molecule has 5 nitrogen and oxygen atoms in total. The van der Waals surface area contributed by atoms with Crippen LogP contribution in [0.3, 0.4) is 0 Å². The largest absolute Gasteiger partial charge is 0.313 e. The number of halogens is 2. The Kier molecular flexibility index (Phi) is 5.64. The fourth-order valence-electron chi connectivity index (χ4n) is 2.92. The van der Waals surface area contributed by atoms with E-state index in [4.69, 9.17) is 0 Å². The molecule has 0 saturated carbocycles. The predicted molar refractivity (Wildman–Crippen MR) is 89.9 cm³/mol. The van der Waals surface area contributed by atoms with E-state index >= 15 is 0 Å². The molecule has 2 N–H and O–H groups in total. The molecule has 1 aromatic heterocycles. The molecular weight excluding hydrogens is 324 g/mol. The van der Waals surface area contributed by atoms with Gasteiger partial charge in [0, 0.05) is 24.7 Å². The number of hydrogen-bond acceptors (Lipinski definition) is 5. The van der Waals surface area contributed by atoms with Gasteiger partial charge in [-0.1, -0.05) is 6.07 Å². The van der Waals surface area contributed by atoms with Crippen molar-refractivity contribution >= 4 is 0 Å². The number of alkyl halides is 2. The monoisotopic (exact) mass is 343 g/mol. The van der Waals surface area contributed by atoms with Crippen molar-refractivity contribution < 1.29 is 8.78 Å². The zero-order chi connectivity index (χ0) is 17.6. The van der Waals surface area contributed by atoms with Gasteiger partial charge in [-0.2, -0.15) is 5.26 Å².